The summed E-state index contributed by atoms with van der Waals surface area (Å²) in [6.07, 6.45) is -1.46. The lowest BCUT2D eigenvalue weighted by molar-refractivity contribution is -0.124. The summed E-state index contributed by atoms with van der Waals surface area (Å²) in [5.41, 5.74) is 0. The maximum Gasteiger partial charge on any atom is 0.177 e. The van der Waals surface area contributed by atoms with Crippen LogP contribution in [0.1, 0.15) is 27.2 Å². The molecule has 3 unspecified atom stereocenters. The van der Waals surface area contributed by atoms with Crippen LogP contribution in [-0.4, -0.2) is 63.9 Å². The van der Waals surface area contributed by atoms with Crippen LogP contribution in [0.15, 0.2) is 0 Å². The van der Waals surface area contributed by atoms with Gasteiger partial charge in [0, 0.05) is 12.5 Å². The van der Waals surface area contributed by atoms with Crippen LogP contribution in [0.3, 0.4) is 0 Å². The molecule has 0 bridgehead atoms. The summed E-state index contributed by atoms with van der Waals surface area (Å²) in [5, 5.41) is 41.9. The molecule has 0 saturated heterocycles. The van der Waals surface area contributed by atoms with E-state index in [1.165, 1.54) is 0 Å². The van der Waals surface area contributed by atoms with Crippen LogP contribution in [0.5, 0.6) is 0 Å². The minimum absolute atomic E-state index is 0.109. The number of aliphatic hydroxyl groups excluding tert-OH is 5. The molecule has 17 heavy (non-hydrogen) atoms. The standard InChI is InChI=1S/C5H12O3.C4H8O3.C2H6/c1-2-3-8-5(7)4-6;5-1-2-3(6)4(2)7;1-2/h5-7H,2-4H2,1H3;2-7H,1H2;1-2H3. The van der Waals surface area contributed by atoms with Crippen LogP contribution in [0.2, 0.25) is 0 Å². The van der Waals surface area contributed by atoms with Crippen LogP contribution in [0, 0.1) is 5.92 Å². The fraction of sp³-hybridized carbons (Fsp3) is 1.00. The lowest BCUT2D eigenvalue weighted by atomic mass is 10.4. The molecule has 6 heteroatoms. The zero-order valence-electron chi connectivity index (χ0n) is 10.8. The predicted octanol–water partition coefficient (Wildman–Crippen LogP) is -0.920. The maximum atomic E-state index is 8.52. The Hall–Kier alpha value is -0.240. The van der Waals surface area contributed by atoms with Gasteiger partial charge in [0.05, 0.1) is 25.4 Å². The Bertz CT molecular complexity index is 147. The molecule has 1 rings (SSSR count). The van der Waals surface area contributed by atoms with Gasteiger partial charge >= 0.3 is 0 Å². The Morgan fingerprint density at radius 1 is 1.12 bits per heavy atom. The van der Waals surface area contributed by atoms with Crippen LogP contribution >= 0.6 is 0 Å². The molecule has 3 atom stereocenters. The van der Waals surface area contributed by atoms with Crippen molar-refractivity contribution in [3.05, 3.63) is 0 Å². The third-order valence-electron chi connectivity index (χ3n) is 1.97. The minimum Gasteiger partial charge on any atom is -0.396 e. The highest BCUT2D eigenvalue weighted by Crippen LogP contribution is 2.29. The first kappa shape index (κ1) is 19.1. The quantitative estimate of drug-likeness (QED) is 0.406. The van der Waals surface area contributed by atoms with Gasteiger partial charge in [-0.05, 0) is 6.42 Å². The first-order valence-corrected chi connectivity index (χ1v) is 5.96. The van der Waals surface area contributed by atoms with Gasteiger partial charge in [-0.15, -0.1) is 0 Å². The molecule has 106 valence electrons. The van der Waals surface area contributed by atoms with Crippen molar-refractivity contribution in [3.63, 3.8) is 0 Å². The summed E-state index contributed by atoms with van der Waals surface area (Å²) >= 11 is 0. The van der Waals surface area contributed by atoms with Gasteiger partial charge in [0.25, 0.3) is 0 Å². The average molecular weight is 254 g/mol. The SMILES string of the molecule is CC.CCCOC(O)CO.OCC1C(O)C1O. The van der Waals surface area contributed by atoms with E-state index in [0.717, 1.165) is 6.42 Å². The van der Waals surface area contributed by atoms with Gasteiger partial charge in [-0.25, -0.2) is 0 Å². The molecule has 0 aromatic rings. The van der Waals surface area contributed by atoms with E-state index >= 15 is 0 Å². The summed E-state index contributed by atoms with van der Waals surface area (Å²) < 4.78 is 4.65. The van der Waals surface area contributed by atoms with Crippen LogP contribution in [0.4, 0.5) is 0 Å². The highest BCUT2D eigenvalue weighted by atomic mass is 16.6. The summed E-state index contributed by atoms with van der Waals surface area (Å²) in [4.78, 5) is 0. The van der Waals surface area contributed by atoms with Gasteiger partial charge in [0.1, 0.15) is 0 Å². The lowest BCUT2D eigenvalue weighted by Gasteiger charge is -2.05. The fourth-order valence-electron chi connectivity index (χ4n) is 0.861. The Labute approximate surface area is 102 Å². The first-order valence-electron chi connectivity index (χ1n) is 5.96. The van der Waals surface area contributed by atoms with Gasteiger partial charge in [-0.3, -0.25) is 0 Å². The Kier molecular flexibility index (Phi) is 13.7. The van der Waals surface area contributed by atoms with Crippen LogP contribution in [0.25, 0.3) is 0 Å². The van der Waals surface area contributed by atoms with Gasteiger partial charge in [0.2, 0.25) is 0 Å². The van der Waals surface area contributed by atoms with Crippen molar-refractivity contribution in [2.75, 3.05) is 19.8 Å². The van der Waals surface area contributed by atoms with Gasteiger partial charge in [-0.2, -0.15) is 0 Å². The average Bonchev–Trinajstić information content (AvgIpc) is 2.96. The molecule has 0 aromatic carbocycles. The van der Waals surface area contributed by atoms with E-state index in [0.29, 0.717) is 6.61 Å². The number of ether oxygens (including phenoxy) is 1. The van der Waals surface area contributed by atoms with Crippen molar-refractivity contribution in [3.8, 4) is 0 Å². The fourth-order valence-corrected chi connectivity index (χ4v) is 0.861. The Morgan fingerprint density at radius 2 is 1.59 bits per heavy atom. The molecule has 0 heterocycles. The first-order chi connectivity index (χ1) is 8.08. The minimum atomic E-state index is -0.991. The van der Waals surface area contributed by atoms with Crippen molar-refractivity contribution in [1.29, 1.82) is 0 Å². The largest absolute Gasteiger partial charge is 0.396 e. The molecular weight excluding hydrogens is 228 g/mol. The van der Waals surface area contributed by atoms with Crippen molar-refractivity contribution in [2.45, 2.75) is 45.7 Å². The van der Waals surface area contributed by atoms with E-state index in [9.17, 15) is 0 Å². The molecular formula is C11H26O6. The molecule has 0 aromatic heterocycles. The third kappa shape index (κ3) is 9.46. The summed E-state index contributed by atoms with van der Waals surface area (Å²) in [7, 11) is 0. The number of rotatable bonds is 5. The maximum absolute atomic E-state index is 8.52. The Balaban J connectivity index is 0. The van der Waals surface area contributed by atoms with Gasteiger partial charge in [-0.1, -0.05) is 20.8 Å². The van der Waals surface area contributed by atoms with Crippen molar-refractivity contribution >= 4 is 0 Å². The van der Waals surface area contributed by atoms with Crippen molar-refractivity contribution in [1.82, 2.24) is 0 Å². The highest BCUT2D eigenvalue weighted by Gasteiger charge is 2.47. The molecule has 0 radical (unpaired) electrons. The Morgan fingerprint density at radius 3 is 1.76 bits per heavy atom. The summed E-state index contributed by atoms with van der Waals surface area (Å²) in [6.45, 7) is 6.01. The molecule has 1 aliphatic carbocycles. The topological polar surface area (TPSA) is 110 Å². The van der Waals surface area contributed by atoms with E-state index in [1.54, 1.807) is 0 Å². The molecule has 6 nitrogen and oxygen atoms in total. The van der Waals surface area contributed by atoms with Crippen molar-refractivity contribution in [2.24, 2.45) is 5.92 Å². The number of hydrogen-bond donors (Lipinski definition) is 5. The zero-order chi connectivity index (χ0) is 13.8. The van der Waals surface area contributed by atoms with Gasteiger partial charge in [0.15, 0.2) is 6.29 Å². The third-order valence-corrected chi connectivity index (χ3v) is 1.97. The molecule has 1 fully saturated rings. The highest BCUT2D eigenvalue weighted by molar-refractivity contribution is 4.96. The lowest BCUT2D eigenvalue weighted by Crippen LogP contribution is -2.16. The summed E-state index contributed by atoms with van der Waals surface area (Å²) in [5.74, 6) is -0.264. The van der Waals surface area contributed by atoms with E-state index < -0.39 is 18.5 Å². The van der Waals surface area contributed by atoms with E-state index in [1.807, 2.05) is 20.8 Å². The number of hydrogen-bond acceptors (Lipinski definition) is 6. The van der Waals surface area contributed by atoms with Crippen LogP contribution in [-0.2, 0) is 4.74 Å². The second kappa shape index (κ2) is 12.2. The van der Waals surface area contributed by atoms with E-state index in [-0.39, 0.29) is 19.1 Å². The summed E-state index contributed by atoms with van der Waals surface area (Å²) in [6, 6.07) is 0. The van der Waals surface area contributed by atoms with E-state index in [2.05, 4.69) is 4.74 Å². The number of aliphatic hydroxyl groups is 5. The van der Waals surface area contributed by atoms with Crippen LogP contribution < -0.4 is 0 Å². The van der Waals surface area contributed by atoms with E-state index in [4.69, 9.17) is 25.5 Å². The molecule has 1 saturated carbocycles. The second-order valence-corrected chi connectivity index (χ2v) is 3.34. The monoisotopic (exact) mass is 254 g/mol. The predicted molar refractivity (Wildman–Crippen MR) is 63.3 cm³/mol. The molecule has 0 amide bonds. The molecule has 1 aliphatic rings. The second-order valence-electron chi connectivity index (χ2n) is 3.34. The van der Waals surface area contributed by atoms with Gasteiger partial charge < -0.3 is 30.3 Å². The molecule has 5 N–H and O–H groups in total. The normalized spacial score (nSPS) is 27.2. The molecule has 0 aliphatic heterocycles. The van der Waals surface area contributed by atoms with Crippen molar-refractivity contribution < 1.29 is 30.3 Å². The zero-order valence-corrected chi connectivity index (χ0v) is 10.8. The smallest absolute Gasteiger partial charge is 0.177 e. The molecule has 0 spiro atoms.